The smallest absolute Gasteiger partial charge is 0.417 e. The van der Waals surface area contributed by atoms with Crippen LogP contribution in [0.25, 0.3) is 0 Å². The first kappa shape index (κ1) is 23.6. The van der Waals surface area contributed by atoms with Gasteiger partial charge in [-0.25, -0.2) is 14.2 Å². The number of rotatable bonds is 6. The van der Waals surface area contributed by atoms with Crippen molar-refractivity contribution in [2.75, 3.05) is 31.1 Å². The third-order valence-corrected chi connectivity index (χ3v) is 7.27. The monoisotopic (exact) mass is 484 g/mol. The van der Waals surface area contributed by atoms with Gasteiger partial charge in [-0.2, -0.15) is 13.2 Å². The molecular formula is C21H23F3N4O4S. The molecule has 0 amide bonds. The molecule has 1 aliphatic heterocycles. The molecule has 0 spiro atoms. The van der Waals surface area contributed by atoms with Gasteiger partial charge in [-0.3, -0.25) is 9.35 Å². The first-order chi connectivity index (χ1) is 15.6. The van der Waals surface area contributed by atoms with Crippen LogP contribution >= 0.6 is 0 Å². The predicted octanol–water partition coefficient (Wildman–Crippen LogP) is 2.83. The van der Waals surface area contributed by atoms with Gasteiger partial charge in [0.25, 0.3) is 0 Å². The van der Waals surface area contributed by atoms with E-state index in [0.29, 0.717) is 18.9 Å². The quantitative estimate of drug-likeness (QED) is 0.609. The van der Waals surface area contributed by atoms with E-state index in [-0.39, 0.29) is 13.1 Å². The number of aliphatic carboxylic acids is 1. The van der Waals surface area contributed by atoms with E-state index < -0.39 is 46.4 Å². The Morgan fingerprint density at radius 3 is 2.27 bits per heavy atom. The standard InChI is InChI=1S/C21H23F3N4O4S/c1-14-18(15-5-3-2-4-6-15)20(14,19(29)30)28(33(31)32)27-11-9-26(10-12-27)17-8-7-16(13-25-17)21(22,23)24/h2-8,13-14,18H,9-12H2,1H3,(H,29,30)(H,31,32). The van der Waals surface area contributed by atoms with Crippen molar-refractivity contribution >= 4 is 23.1 Å². The maximum Gasteiger partial charge on any atom is 0.417 e. The Balaban J connectivity index is 1.53. The average Bonchev–Trinajstić information content (AvgIpc) is 3.40. The van der Waals surface area contributed by atoms with E-state index in [1.54, 1.807) is 41.1 Å². The van der Waals surface area contributed by atoms with E-state index in [9.17, 15) is 31.8 Å². The van der Waals surface area contributed by atoms with E-state index in [4.69, 9.17) is 0 Å². The Labute approximate surface area is 191 Å². The topological polar surface area (TPSA) is 97.2 Å². The predicted molar refractivity (Wildman–Crippen MR) is 114 cm³/mol. The van der Waals surface area contributed by atoms with Gasteiger partial charge >= 0.3 is 12.1 Å². The molecular weight excluding hydrogens is 461 g/mol. The molecule has 178 valence electrons. The third kappa shape index (κ3) is 4.12. The number of piperazine rings is 1. The van der Waals surface area contributed by atoms with Crippen LogP contribution in [-0.4, -0.2) is 66.0 Å². The molecule has 1 aromatic carbocycles. The number of hydrogen-bond acceptors (Lipinski definition) is 5. The zero-order chi connectivity index (χ0) is 24.0. The van der Waals surface area contributed by atoms with Crippen LogP contribution in [0.5, 0.6) is 0 Å². The lowest BCUT2D eigenvalue weighted by molar-refractivity contribution is -0.150. The fourth-order valence-electron chi connectivity index (χ4n) is 4.76. The summed E-state index contributed by atoms with van der Waals surface area (Å²) in [7, 11) is 0. The summed E-state index contributed by atoms with van der Waals surface area (Å²) in [5.74, 6) is -1.71. The van der Waals surface area contributed by atoms with E-state index >= 15 is 0 Å². The molecule has 33 heavy (non-hydrogen) atoms. The Hall–Kier alpha value is -2.54. The molecule has 4 unspecified atom stereocenters. The van der Waals surface area contributed by atoms with Crippen LogP contribution in [0.3, 0.4) is 0 Å². The van der Waals surface area contributed by atoms with Crippen LogP contribution < -0.4 is 4.90 Å². The number of carboxylic acid groups (broad SMARTS) is 1. The number of anilines is 1. The fraction of sp³-hybridized carbons (Fsp3) is 0.429. The molecule has 2 aliphatic rings. The van der Waals surface area contributed by atoms with Crippen molar-refractivity contribution in [2.45, 2.75) is 24.6 Å². The molecule has 2 fully saturated rings. The van der Waals surface area contributed by atoms with Gasteiger partial charge in [0.2, 0.25) is 11.3 Å². The molecule has 2 N–H and O–H groups in total. The number of carboxylic acids is 1. The molecule has 8 nitrogen and oxygen atoms in total. The normalized spacial score (nSPS) is 26.9. The summed E-state index contributed by atoms with van der Waals surface area (Å²) >= 11 is -2.59. The summed E-state index contributed by atoms with van der Waals surface area (Å²) < 4.78 is 61.9. The highest BCUT2D eigenvalue weighted by Crippen LogP contribution is 2.61. The lowest BCUT2D eigenvalue weighted by Gasteiger charge is -2.42. The van der Waals surface area contributed by atoms with Gasteiger partial charge in [-0.1, -0.05) is 37.3 Å². The van der Waals surface area contributed by atoms with Gasteiger partial charge in [0.15, 0.2) is 5.54 Å². The van der Waals surface area contributed by atoms with Crippen LogP contribution in [0.4, 0.5) is 19.0 Å². The number of halogens is 3. The Kier molecular flexibility index (Phi) is 6.20. The number of hydrogen-bond donors (Lipinski definition) is 2. The Morgan fingerprint density at radius 1 is 1.15 bits per heavy atom. The van der Waals surface area contributed by atoms with Crippen molar-refractivity contribution in [1.29, 1.82) is 0 Å². The average molecular weight is 485 g/mol. The second-order valence-corrected chi connectivity index (χ2v) is 8.96. The number of aromatic nitrogens is 1. The first-order valence-electron chi connectivity index (χ1n) is 10.3. The van der Waals surface area contributed by atoms with Crippen LogP contribution in [0.15, 0.2) is 48.7 Å². The van der Waals surface area contributed by atoms with Crippen LogP contribution in [0, 0.1) is 5.92 Å². The van der Waals surface area contributed by atoms with Crippen molar-refractivity contribution < 1.29 is 31.8 Å². The molecule has 4 rings (SSSR count). The van der Waals surface area contributed by atoms with Gasteiger partial charge in [-0.05, 0) is 23.6 Å². The van der Waals surface area contributed by atoms with Gasteiger partial charge in [0.1, 0.15) is 5.82 Å². The molecule has 1 aliphatic carbocycles. The number of benzene rings is 1. The number of pyridine rings is 1. The number of alkyl halides is 3. The molecule has 1 aromatic heterocycles. The minimum absolute atomic E-state index is 0.207. The summed E-state index contributed by atoms with van der Waals surface area (Å²) in [6, 6.07) is 11.3. The fourth-order valence-corrected chi connectivity index (χ4v) is 5.74. The second kappa shape index (κ2) is 8.67. The highest BCUT2D eigenvalue weighted by Gasteiger charge is 2.74. The third-order valence-electron chi connectivity index (χ3n) is 6.44. The minimum Gasteiger partial charge on any atom is -0.480 e. The molecule has 0 bridgehead atoms. The summed E-state index contributed by atoms with van der Waals surface area (Å²) in [6.07, 6.45) is -3.70. The van der Waals surface area contributed by atoms with Gasteiger partial charge in [0, 0.05) is 38.3 Å². The van der Waals surface area contributed by atoms with Crippen molar-refractivity contribution in [3.05, 3.63) is 59.8 Å². The van der Waals surface area contributed by atoms with Crippen molar-refractivity contribution in [1.82, 2.24) is 14.4 Å². The SMILES string of the molecule is CC1C(c2ccccc2)C1(C(=O)O)N(N1CCN(c2ccc(C(F)(F)F)cn2)CC1)S(=O)O. The number of carbonyl (C=O) groups is 1. The van der Waals surface area contributed by atoms with Crippen LogP contribution in [0.2, 0.25) is 0 Å². The maximum absolute atomic E-state index is 12.8. The maximum atomic E-state index is 12.8. The van der Waals surface area contributed by atoms with E-state index in [1.807, 2.05) is 6.07 Å². The second-order valence-electron chi connectivity index (χ2n) is 8.15. The van der Waals surface area contributed by atoms with Gasteiger partial charge in [0.05, 0.1) is 5.56 Å². The molecule has 2 aromatic rings. The van der Waals surface area contributed by atoms with Gasteiger partial charge < -0.3 is 10.0 Å². The van der Waals surface area contributed by atoms with Gasteiger partial charge in [-0.15, -0.1) is 4.41 Å². The number of nitrogens with zero attached hydrogens (tertiary/aromatic N) is 4. The molecule has 1 saturated heterocycles. The van der Waals surface area contributed by atoms with Crippen LogP contribution in [-0.2, 0) is 22.2 Å². The Bertz CT molecular complexity index is 1030. The number of hydrazine groups is 1. The molecule has 12 heteroatoms. The summed E-state index contributed by atoms with van der Waals surface area (Å²) in [5, 5.41) is 11.7. The van der Waals surface area contributed by atoms with E-state index in [2.05, 4.69) is 4.98 Å². The molecule has 0 radical (unpaired) electrons. The van der Waals surface area contributed by atoms with Crippen LogP contribution in [0.1, 0.15) is 24.0 Å². The van der Waals surface area contributed by atoms with E-state index in [0.717, 1.165) is 22.2 Å². The van der Waals surface area contributed by atoms with E-state index in [1.165, 1.54) is 6.07 Å². The van der Waals surface area contributed by atoms with Crippen molar-refractivity contribution in [3.63, 3.8) is 0 Å². The zero-order valence-corrected chi connectivity index (χ0v) is 18.5. The Morgan fingerprint density at radius 2 is 1.79 bits per heavy atom. The largest absolute Gasteiger partial charge is 0.480 e. The lowest BCUT2D eigenvalue weighted by atomic mass is 10.1. The molecule has 2 heterocycles. The highest BCUT2D eigenvalue weighted by atomic mass is 32.2. The summed E-state index contributed by atoms with van der Waals surface area (Å²) in [4.78, 5) is 18.1. The lowest BCUT2D eigenvalue weighted by Crippen LogP contribution is -2.61. The zero-order valence-electron chi connectivity index (χ0n) is 17.6. The highest BCUT2D eigenvalue weighted by molar-refractivity contribution is 7.76. The van der Waals surface area contributed by atoms with Crippen molar-refractivity contribution in [2.24, 2.45) is 5.92 Å². The van der Waals surface area contributed by atoms with Crippen molar-refractivity contribution in [3.8, 4) is 0 Å². The molecule has 4 atom stereocenters. The summed E-state index contributed by atoms with van der Waals surface area (Å²) in [5.41, 5.74) is -1.64. The first-order valence-corrected chi connectivity index (χ1v) is 11.4. The minimum atomic E-state index is -4.47. The molecule has 1 saturated carbocycles. The summed E-state index contributed by atoms with van der Waals surface area (Å²) in [6.45, 7) is 2.75.